The van der Waals surface area contributed by atoms with Gasteiger partial charge in [-0.05, 0) is 12.1 Å². The monoisotopic (exact) mass is 334 g/mol. The summed E-state index contributed by atoms with van der Waals surface area (Å²) < 4.78 is 2.22. The molecule has 0 spiro atoms. The van der Waals surface area contributed by atoms with E-state index in [1.54, 1.807) is 12.1 Å². The summed E-state index contributed by atoms with van der Waals surface area (Å²) in [5.41, 5.74) is 0.427. The van der Waals surface area contributed by atoms with Crippen LogP contribution in [-0.4, -0.2) is 20.6 Å². The van der Waals surface area contributed by atoms with Gasteiger partial charge in [0.25, 0.3) is 0 Å². The Hall–Kier alpha value is -1.04. The summed E-state index contributed by atoms with van der Waals surface area (Å²) in [6.45, 7) is 0. The Bertz CT molecular complexity index is 575. The zero-order valence-corrected chi connectivity index (χ0v) is 11.3. The molecule has 0 radical (unpaired) electrons. The van der Waals surface area contributed by atoms with E-state index in [1.165, 1.54) is 17.1 Å². The summed E-state index contributed by atoms with van der Waals surface area (Å²) in [5, 5.41) is 9.58. The first-order valence-corrected chi connectivity index (χ1v) is 5.96. The number of aromatic carboxylic acids is 1. The van der Waals surface area contributed by atoms with Gasteiger partial charge in [0.2, 0.25) is 0 Å². The average Bonchev–Trinajstić information content (AvgIpc) is 2.65. The summed E-state index contributed by atoms with van der Waals surface area (Å²) in [6.07, 6.45) is 2.70. The summed E-state index contributed by atoms with van der Waals surface area (Å²) in [4.78, 5) is 14.5. The number of hydrogen-bond acceptors (Lipinski definition) is 2. The quantitative estimate of drug-likeness (QED) is 0.911. The van der Waals surface area contributed by atoms with Crippen LogP contribution in [0.3, 0.4) is 0 Å². The van der Waals surface area contributed by atoms with Crippen LogP contribution in [0.15, 0.2) is 29.1 Å². The first-order chi connectivity index (χ1) is 7.99. The van der Waals surface area contributed by atoms with Gasteiger partial charge in [0.15, 0.2) is 5.69 Å². The third-order valence-electron chi connectivity index (χ3n) is 2.04. The molecule has 0 aliphatic heterocycles. The molecule has 4 nitrogen and oxygen atoms in total. The van der Waals surface area contributed by atoms with Gasteiger partial charge in [-0.3, -0.25) is 0 Å². The molecule has 0 atom stereocenters. The highest BCUT2D eigenvalue weighted by Crippen LogP contribution is 2.32. The number of imidazole rings is 1. The predicted octanol–water partition coefficient (Wildman–Crippen LogP) is 3.64. The molecule has 2 aromatic rings. The number of carboxylic acid groups (broad SMARTS) is 1. The standard InChI is InChI=1S/C10H5BrCl2N2O2/c11-5-1-6(12)9(7(13)2-5)15-3-8(10(16)17)14-4-15/h1-4H,(H,16,17). The smallest absolute Gasteiger partial charge is 0.356 e. The van der Waals surface area contributed by atoms with Crippen molar-refractivity contribution >= 4 is 45.1 Å². The Balaban J connectivity index is 2.56. The zero-order valence-electron chi connectivity index (χ0n) is 8.19. The largest absolute Gasteiger partial charge is 0.476 e. The highest BCUT2D eigenvalue weighted by Gasteiger charge is 2.13. The van der Waals surface area contributed by atoms with E-state index >= 15 is 0 Å². The van der Waals surface area contributed by atoms with Crippen molar-refractivity contribution in [3.8, 4) is 5.69 Å². The van der Waals surface area contributed by atoms with Crippen LogP contribution in [0.2, 0.25) is 10.0 Å². The highest BCUT2D eigenvalue weighted by atomic mass is 79.9. The fraction of sp³-hybridized carbons (Fsp3) is 0. The minimum absolute atomic E-state index is 0.0694. The molecule has 0 saturated carbocycles. The van der Waals surface area contributed by atoms with E-state index in [1.807, 2.05) is 0 Å². The lowest BCUT2D eigenvalue weighted by molar-refractivity contribution is 0.0691. The lowest BCUT2D eigenvalue weighted by atomic mass is 10.3. The Kier molecular flexibility index (Phi) is 3.42. The minimum atomic E-state index is -1.10. The fourth-order valence-corrected chi connectivity index (χ4v) is 2.74. The van der Waals surface area contributed by atoms with Crippen molar-refractivity contribution in [2.75, 3.05) is 0 Å². The molecule has 0 amide bonds. The Morgan fingerprint density at radius 3 is 2.41 bits per heavy atom. The van der Waals surface area contributed by atoms with Crippen LogP contribution in [0.25, 0.3) is 5.69 Å². The van der Waals surface area contributed by atoms with Crippen LogP contribution < -0.4 is 0 Å². The number of rotatable bonds is 2. The molecule has 1 aromatic heterocycles. The van der Waals surface area contributed by atoms with Gasteiger partial charge in [0.1, 0.15) is 6.33 Å². The number of halogens is 3. The van der Waals surface area contributed by atoms with Crippen LogP contribution in [0.5, 0.6) is 0 Å². The van der Waals surface area contributed by atoms with Gasteiger partial charge in [-0.2, -0.15) is 0 Å². The van der Waals surface area contributed by atoms with Gasteiger partial charge in [-0.1, -0.05) is 39.1 Å². The molecule has 1 heterocycles. The Labute approximate surface area is 115 Å². The minimum Gasteiger partial charge on any atom is -0.476 e. The number of carbonyl (C=O) groups is 1. The maximum Gasteiger partial charge on any atom is 0.356 e. The summed E-state index contributed by atoms with van der Waals surface area (Å²) >= 11 is 15.4. The van der Waals surface area contributed by atoms with E-state index < -0.39 is 5.97 Å². The van der Waals surface area contributed by atoms with Crippen molar-refractivity contribution < 1.29 is 9.90 Å². The molecule has 7 heteroatoms. The number of aromatic nitrogens is 2. The van der Waals surface area contributed by atoms with Crippen LogP contribution in [0.4, 0.5) is 0 Å². The molecule has 88 valence electrons. The molecule has 0 saturated heterocycles. The second-order valence-corrected chi connectivity index (χ2v) is 4.92. The molecular weight excluding hydrogens is 331 g/mol. The first kappa shape index (κ1) is 12.4. The number of benzene rings is 1. The maximum absolute atomic E-state index is 10.7. The fourth-order valence-electron chi connectivity index (χ4n) is 1.34. The van der Waals surface area contributed by atoms with E-state index in [-0.39, 0.29) is 5.69 Å². The van der Waals surface area contributed by atoms with E-state index in [0.29, 0.717) is 15.7 Å². The Morgan fingerprint density at radius 2 is 1.94 bits per heavy atom. The molecule has 0 aliphatic carbocycles. The SMILES string of the molecule is O=C(O)c1cn(-c2c(Cl)cc(Br)cc2Cl)cn1. The summed E-state index contributed by atoms with van der Waals surface area (Å²) in [7, 11) is 0. The molecule has 1 N–H and O–H groups in total. The molecule has 0 unspecified atom stereocenters. The lowest BCUT2D eigenvalue weighted by Gasteiger charge is -2.07. The average molecular weight is 336 g/mol. The van der Waals surface area contributed by atoms with Gasteiger partial charge in [0, 0.05) is 10.7 Å². The van der Waals surface area contributed by atoms with Gasteiger partial charge in [0.05, 0.1) is 15.7 Å². The molecule has 2 rings (SSSR count). The first-order valence-electron chi connectivity index (χ1n) is 4.41. The number of carboxylic acids is 1. The normalized spacial score (nSPS) is 10.5. The van der Waals surface area contributed by atoms with Crippen molar-refractivity contribution in [1.82, 2.24) is 9.55 Å². The maximum atomic E-state index is 10.7. The summed E-state index contributed by atoms with van der Waals surface area (Å²) in [6, 6.07) is 3.34. The van der Waals surface area contributed by atoms with Gasteiger partial charge in [-0.25, -0.2) is 9.78 Å². The van der Waals surface area contributed by atoms with Crippen LogP contribution in [-0.2, 0) is 0 Å². The van der Waals surface area contributed by atoms with E-state index in [0.717, 1.165) is 4.47 Å². The predicted molar refractivity (Wildman–Crippen MR) is 68.2 cm³/mol. The van der Waals surface area contributed by atoms with Crippen molar-refractivity contribution in [2.24, 2.45) is 0 Å². The second kappa shape index (κ2) is 4.68. The van der Waals surface area contributed by atoms with E-state index in [4.69, 9.17) is 28.3 Å². The van der Waals surface area contributed by atoms with Gasteiger partial charge >= 0.3 is 5.97 Å². The van der Waals surface area contributed by atoms with Crippen LogP contribution >= 0.6 is 39.1 Å². The molecular formula is C10H5BrCl2N2O2. The van der Waals surface area contributed by atoms with Crippen molar-refractivity contribution in [1.29, 1.82) is 0 Å². The topological polar surface area (TPSA) is 55.1 Å². The molecule has 0 fully saturated rings. The summed E-state index contributed by atoms with van der Waals surface area (Å²) in [5.74, 6) is -1.10. The lowest BCUT2D eigenvalue weighted by Crippen LogP contribution is -1.96. The third-order valence-corrected chi connectivity index (χ3v) is 3.08. The van der Waals surface area contributed by atoms with Crippen molar-refractivity contribution in [3.05, 3.63) is 44.9 Å². The van der Waals surface area contributed by atoms with E-state index in [9.17, 15) is 4.79 Å². The van der Waals surface area contributed by atoms with Crippen LogP contribution in [0.1, 0.15) is 10.5 Å². The Morgan fingerprint density at radius 1 is 1.35 bits per heavy atom. The van der Waals surface area contributed by atoms with Crippen molar-refractivity contribution in [3.63, 3.8) is 0 Å². The van der Waals surface area contributed by atoms with Crippen LogP contribution in [0, 0.1) is 0 Å². The number of nitrogens with zero attached hydrogens (tertiary/aromatic N) is 2. The highest BCUT2D eigenvalue weighted by molar-refractivity contribution is 9.10. The van der Waals surface area contributed by atoms with Gasteiger partial charge in [-0.15, -0.1) is 0 Å². The molecule has 17 heavy (non-hydrogen) atoms. The van der Waals surface area contributed by atoms with E-state index in [2.05, 4.69) is 20.9 Å². The molecule has 1 aromatic carbocycles. The molecule has 0 bridgehead atoms. The van der Waals surface area contributed by atoms with Crippen molar-refractivity contribution in [2.45, 2.75) is 0 Å². The zero-order chi connectivity index (χ0) is 12.6. The molecule has 0 aliphatic rings. The second-order valence-electron chi connectivity index (χ2n) is 3.19. The third kappa shape index (κ3) is 2.46. The van der Waals surface area contributed by atoms with Gasteiger partial charge < -0.3 is 9.67 Å². The number of hydrogen-bond donors (Lipinski definition) is 1.